The van der Waals surface area contributed by atoms with Gasteiger partial charge in [0.15, 0.2) is 5.96 Å². The van der Waals surface area contributed by atoms with Gasteiger partial charge in [-0.05, 0) is 19.9 Å². The molecule has 0 spiro atoms. The summed E-state index contributed by atoms with van der Waals surface area (Å²) >= 11 is 0. The molecule has 1 fully saturated rings. The molecule has 0 atom stereocenters. The maximum absolute atomic E-state index is 5.71. The van der Waals surface area contributed by atoms with Crippen molar-refractivity contribution in [3.8, 4) is 0 Å². The van der Waals surface area contributed by atoms with E-state index in [1.54, 1.807) is 0 Å². The smallest absolute Gasteiger partial charge is 0.188 e. The Hall–Kier alpha value is -0.340. The minimum absolute atomic E-state index is 0. The molecule has 1 aliphatic rings. The average Bonchev–Trinajstić information content (AvgIpc) is 2.33. The molecule has 1 rings (SSSR count). The van der Waals surface area contributed by atoms with Gasteiger partial charge in [-0.1, -0.05) is 12.2 Å². The SMILES string of the molecule is C=C(C)CN=C(N)NCCCN1CCOCC1.I. The fourth-order valence-electron chi connectivity index (χ4n) is 1.62. The topological polar surface area (TPSA) is 62.9 Å². The van der Waals surface area contributed by atoms with Gasteiger partial charge in [-0.25, -0.2) is 4.99 Å². The number of nitrogens with zero attached hydrogens (tertiary/aromatic N) is 2. The number of guanidine groups is 1. The lowest BCUT2D eigenvalue weighted by Crippen LogP contribution is -2.39. The Bertz CT molecular complexity index is 265. The molecule has 0 unspecified atom stereocenters. The molecule has 1 saturated heterocycles. The van der Waals surface area contributed by atoms with Crippen molar-refractivity contribution in [2.24, 2.45) is 10.7 Å². The van der Waals surface area contributed by atoms with Gasteiger partial charge in [0, 0.05) is 19.6 Å². The van der Waals surface area contributed by atoms with Gasteiger partial charge in [-0.3, -0.25) is 4.90 Å². The van der Waals surface area contributed by atoms with Crippen molar-refractivity contribution in [2.45, 2.75) is 13.3 Å². The third-order valence-corrected chi connectivity index (χ3v) is 2.58. The Morgan fingerprint density at radius 3 is 2.72 bits per heavy atom. The van der Waals surface area contributed by atoms with Gasteiger partial charge in [0.25, 0.3) is 0 Å². The highest BCUT2D eigenvalue weighted by molar-refractivity contribution is 14.0. The standard InChI is InChI=1S/C12H24N4O.HI/c1-11(2)10-15-12(13)14-4-3-5-16-6-8-17-9-7-16;/h1,3-10H2,2H3,(H3,13,14,15);1H. The second-order valence-electron chi connectivity index (χ2n) is 4.39. The number of nitrogens with two attached hydrogens (primary N) is 1. The van der Waals surface area contributed by atoms with Gasteiger partial charge < -0.3 is 15.8 Å². The van der Waals surface area contributed by atoms with E-state index in [9.17, 15) is 0 Å². The largest absolute Gasteiger partial charge is 0.379 e. The van der Waals surface area contributed by atoms with Crippen LogP contribution in [0.1, 0.15) is 13.3 Å². The molecule has 5 nitrogen and oxygen atoms in total. The molecule has 18 heavy (non-hydrogen) atoms. The molecule has 0 aromatic heterocycles. The van der Waals surface area contributed by atoms with Crippen LogP contribution in [0, 0.1) is 0 Å². The molecule has 1 heterocycles. The van der Waals surface area contributed by atoms with E-state index in [1.165, 1.54) is 0 Å². The molecule has 0 bridgehead atoms. The average molecular weight is 368 g/mol. The van der Waals surface area contributed by atoms with E-state index in [1.807, 2.05) is 6.92 Å². The summed E-state index contributed by atoms with van der Waals surface area (Å²) in [6.45, 7) is 12.1. The van der Waals surface area contributed by atoms with Crippen LogP contribution in [0.5, 0.6) is 0 Å². The molecule has 0 saturated carbocycles. The highest BCUT2D eigenvalue weighted by Crippen LogP contribution is 1.97. The predicted octanol–water partition coefficient (Wildman–Crippen LogP) is 0.807. The monoisotopic (exact) mass is 368 g/mol. The van der Waals surface area contributed by atoms with Crippen LogP contribution in [0.2, 0.25) is 0 Å². The third kappa shape index (κ3) is 8.71. The van der Waals surface area contributed by atoms with Gasteiger partial charge in [-0.2, -0.15) is 0 Å². The van der Waals surface area contributed by atoms with E-state index in [0.29, 0.717) is 12.5 Å². The van der Waals surface area contributed by atoms with Crippen LogP contribution >= 0.6 is 24.0 Å². The van der Waals surface area contributed by atoms with E-state index in [0.717, 1.165) is 51.4 Å². The molecule has 6 heteroatoms. The molecule has 106 valence electrons. The zero-order chi connectivity index (χ0) is 12.5. The highest BCUT2D eigenvalue weighted by Gasteiger charge is 2.08. The van der Waals surface area contributed by atoms with Gasteiger partial charge in [-0.15, -0.1) is 24.0 Å². The first kappa shape index (κ1) is 17.7. The maximum Gasteiger partial charge on any atom is 0.188 e. The lowest BCUT2D eigenvalue weighted by Gasteiger charge is -2.26. The summed E-state index contributed by atoms with van der Waals surface area (Å²) in [7, 11) is 0. The van der Waals surface area contributed by atoms with E-state index < -0.39 is 0 Å². The van der Waals surface area contributed by atoms with Crippen LogP contribution in [0.25, 0.3) is 0 Å². The lowest BCUT2D eigenvalue weighted by atomic mass is 10.3. The van der Waals surface area contributed by atoms with Crippen LogP contribution in [0.15, 0.2) is 17.1 Å². The molecular weight excluding hydrogens is 343 g/mol. The molecule has 0 aromatic carbocycles. The number of hydrogen-bond acceptors (Lipinski definition) is 3. The number of hydrogen-bond donors (Lipinski definition) is 2. The number of halogens is 1. The number of nitrogens with one attached hydrogen (secondary N) is 1. The van der Waals surface area contributed by atoms with Crippen LogP contribution in [0.4, 0.5) is 0 Å². The Morgan fingerprint density at radius 1 is 1.44 bits per heavy atom. The summed E-state index contributed by atoms with van der Waals surface area (Å²) in [5, 5.41) is 3.11. The molecular formula is C12H25IN4O. The van der Waals surface area contributed by atoms with Crippen molar-refractivity contribution in [3.63, 3.8) is 0 Å². The zero-order valence-corrected chi connectivity index (χ0v) is 13.5. The lowest BCUT2D eigenvalue weighted by molar-refractivity contribution is 0.0376. The van der Waals surface area contributed by atoms with Crippen molar-refractivity contribution < 1.29 is 4.74 Å². The van der Waals surface area contributed by atoms with Crippen molar-refractivity contribution in [2.75, 3.05) is 45.9 Å². The van der Waals surface area contributed by atoms with Crippen molar-refractivity contribution in [1.82, 2.24) is 10.2 Å². The van der Waals surface area contributed by atoms with Crippen LogP contribution < -0.4 is 11.1 Å². The highest BCUT2D eigenvalue weighted by atomic mass is 127. The molecule has 3 N–H and O–H groups in total. The Morgan fingerprint density at radius 2 is 2.11 bits per heavy atom. The van der Waals surface area contributed by atoms with E-state index in [2.05, 4.69) is 21.8 Å². The first-order valence-electron chi connectivity index (χ1n) is 6.17. The fourth-order valence-corrected chi connectivity index (χ4v) is 1.62. The summed E-state index contributed by atoms with van der Waals surface area (Å²) in [5.41, 5.74) is 6.72. The maximum atomic E-state index is 5.71. The summed E-state index contributed by atoms with van der Waals surface area (Å²) in [4.78, 5) is 6.57. The Labute approximate surface area is 127 Å². The minimum Gasteiger partial charge on any atom is -0.379 e. The van der Waals surface area contributed by atoms with Crippen LogP contribution in [-0.2, 0) is 4.74 Å². The van der Waals surface area contributed by atoms with Crippen LogP contribution in [0.3, 0.4) is 0 Å². The van der Waals surface area contributed by atoms with Crippen molar-refractivity contribution in [1.29, 1.82) is 0 Å². The van der Waals surface area contributed by atoms with Crippen molar-refractivity contribution >= 4 is 29.9 Å². The summed E-state index contributed by atoms with van der Waals surface area (Å²) in [5.74, 6) is 0.509. The van der Waals surface area contributed by atoms with Gasteiger partial charge in [0.2, 0.25) is 0 Å². The molecule has 0 radical (unpaired) electrons. The van der Waals surface area contributed by atoms with Gasteiger partial charge in [0.05, 0.1) is 19.8 Å². The second kappa shape index (κ2) is 10.6. The van der Waals surface area contributed by atoms with Gasteiger partial charge in [0.1, 0.15) is 0 Å². The Balaban J connectivity index is 0.00000289. The molecule has 0 aromatic rings. The number of morpholine rings is 1. The van der Waals surface area contributed by atoms with E-state index >= 15 is 0 Å². The van der Waals surface area contributed by atoms with E-state index in [4.69, 9.17) is 10.5 Å². The number of aliphatic imine (C=N–C) groups is 1. The summed E-state index contributed by atoms with van der Waals surface area (Å²) < 4.78 is 5.29. The third-order valence-electron chi connectivity index (χ3n) is 2.58. The first-order chi connectivity index (χ1) is 8.18. The first-order valence-corrected chi connectivity index (χ1v) is 6.17. The molecule has 0 aliphatic carbocycles. The number of rotatable bonds is 6. The quantitative estimate of drug-likeness (QED) is 0.240. The van der Waals surface area contributed by atoms with E-state index in [-0.39, 0.29) is 24.0 Å². The second-order valence-corrected chi connectivity index (χ2v) is 4.39. The minimum atomic E-state index is 0. The Kier molecular flexibility index (Phi) is 10.4. The summed E-state index contributed by atoms with van der Waals surface area (Å²) in [6.07, 6.45) is 1.07. The predicted molar refractivity (Wildman–Crippen MR) is 86.6 cm³/mol. The normalized spacial score (nSPS) is 17.1. The fraction of sp³-hybridized carbons (Fsp3) is 0.750. The number of ether oxygens (including phenoxy) is 1. The molecule has 0 amide bonds. The van der Waals surface area contributed by atoms with Crippen LogP contribution in [-0.4, -0.2) is 56.8 Å². The van der Waals surface area contributed by atoms with Gasteiger partial charge >= 0.3 is 0 Å². The van der Waals surface area contributed by atoms with Crippen molar-refractivity contribution in [3.05, 3.63) is 12.2 Å². The molecule has 1 aliphatic heterocycles. The summed E-state index contributed by atoms with van der Waals surface area (Å²) in [6, 6.07) is 0. The zero-order valence-electron chi connectivity index (χ0n) is 11.2.